The predicted octanol–water partition coefficient (Wildman–Crippen LogP) is 4.11. The molecule has 0 amide bonds. The molecule has 6 heteroatoms. The first-order chi connectivity index (χ1) is 13.7. The van der Waals surface area contributed by atoms with Crippen LogP contribution in [0.25, 0.3) is 28.2 Å². The van der Waals surface area contributed by atoms with Gasteiger partial charge in [-0.05, 0) is 36.8 Å². The third-order valence-electron chi connectivity index (χ3n) is 4.40. The Morgan fingerprint density at radius 2 is 1.68 bits per heavy atom. The summed E-state index contributed by atoms with van der Waals surface area (Å²) in [4.78, 5) is 20.6. The molecule has 6 nitrogen and oxygen atoms in total. The lowest BCUT2D eigenvalue weighted by Crippen LogP contribution is -2.04. The number of hydrogen-bond donors (Lipinski definition) is 0. The van der Waals surface area contributed by atoms with Crippen LogP contribution < -0.4 is 0 Å². The highest BCUT2D eigenvalue weighted by molar-refractivity contribution is 5.90. The van der Waals surface area contributed by atoms with Crippen molar-refractivity contribution in [2.75, 3.05) is 6.61 Å². The summed E-state index contributed by atoms with van der Waals surface area (Å²) in [5.74, 6) is 0.256. The minimum absolute atomic E-state index is 0.333. The molecule has 2 aromatic heterocycles. The van der Waals surface area contributed by atoms with E-state index in [9.17, 15) is 4.79 Å². The Morgan fingerprint density at radius 3 is 2.36 bits per heavy atom. The molecule has 0 fully saturated rings. The fraction of sp³-hybridized carbons (Fsp3) is 0.0909. The molecule has 0 saturated carbocycles. The van der Waals surface area contributed by atoms with E-state index in [0.29, 0.717) is 23.5 Å². The van der Waals surface area contributed by atoms with Crippen LogP contribution in [0.5, 0.6) is 0 Å². The second kappa shape index (κ2) is 7.33. The molecule has 0 unspecified atom stereocenters. The second-order valence-corrected chi connectivity index (χ2v) is 6.14. The van der Waals surface area contributed by atoms with Crippen LogP contribution in [0.15, 0.2) is 67.1 Å². The molecule has 4 aromatic rings. The fourth-order valence-electron chi connectivity index (χ4n) is 2.96. The molecule has 2 aromatic carbocycles. The van der Waals surface area contributed by atoms with Gasteiger partial charge in [0.15, 0.2) is 0 Å². The molecule has 0 atom stereocenters. The van der Waals surface area contributed by atoms with Gasteiger partial charge in [0.1, 0.15) is 0 Å². The predicted molar refractivity (Wildman–Crippen MR) is 105 cm³/mol. The molecule has 136 valence electrons. The van der Waals surface area contributed by atoms with Crippen molar-refractivity contribution in [1.29, 1.82) is 5.26 Å². The van der Waals surface area contributed by atoms with Crippen molar-refractivity contribution in [3.63, 3.8) is 0 Å². The molecule has 0 aliphatic carbocycles. The van der Waals surface area contributed by atoms with Gasteiger partial charge in [-0.3, -0.25) is 4.40 Å². The van der Waals surface area contributed by atoms with Gasteiger partial charge in [-0.25, -0.2) is 14.8 Å². The summed E-state index contributed by atoms with van der Waals surface area (Å²) in [6, 6.07) is 16.7. The number of esters is 1. The van der Waals surface area contributed by atoms with Gasteiger partial charge in [-0.15, -0.1) is 0 Å². The van der Waals surface area contributed by atoms with E-state index >= 15 is 0 Å². The van der Waals surface area contributed by atoms with Crippen LogP contribution in [0, 0.1) is 11.3 Å². The Labute approximate surface area is 161 Å². The van der Waals surface area contributed by atoms with Crippen molar-refractivity contribution in [3.05, 3.63) is 78.2 Å². The normalized spacial score (nSPS) is 10.6. The van der Waals surface area contributed by atoms with Crippen LogP contribution in [0.2, 0.25) is 0 Å². The van der Waals surface area contributed by atoms with Gasteiger partial charge >= 0.3 is 5.97 Å². The number of rotatable bonds is 4. The maximum atomic E-state index is 11.8. The number of carbonyl (C=O) groups is 1. The van der Waals surface area contributed by atoms with Crippen LogP contribution >= 0.6 is 0 Å². The summed E-state index contributed by atoms with van der Waals surface area (Å²) >= 11 is 0. The van der Waals surface area contributed by atoms with E-state index in [-0.39, 0.29) is 5.97 Å². The van der Waals surface area contributed by atoms with Gasteiger partial charge in [0, 0.05) is 23.5 Å². The Balaban J connectivity index is 1.71. The highest BCUT2D eigenvalue weighted by Gasteiger charge is 2.10. The number of aromatic nitrogens is 3. The standard InChI is InChI=1S/C22H16N4O2/c1-2-28-21(27)18-9-7-16(8-10-18)19-12-24-22-25-13-20(26(22)14-19)17-5-3-15(11-23)4-6-17/h3-10,12-14H,2H2,1H3. The molecule has 2 heterocycles. The highest BCUT2D eigenvalue weighted by Crippen LogP contribution is 2.24. The number of imidazole rings is 1. The van der Waals surface area contributed by atoms with E-state index < -0.39 is 0 Å². The minimum Gasteiger partial charge on any atom is -0.462 e. The monoisotopic (exact) mass is 368 g/mol. The summed E-state index contributed by atoms with van der Waals surface area (Å²) in [7, 11) is 0. The second-order valence-electron chi connectivity index (χ2n) is 6.14. The molecule has 0 N–H and O–H groups in total. The van der Waals surface area contributed by atoms with Gasteiger partial charge in [0.05, 0.1) is 35.7 Å². The van der Waals surface area contributed by atoms with Crippen molar-refractivity contribution >= 4 is 11.7 Å². The highest BCUT2D eigenvalue weighted by atomic mass is 16.5. The topological polar surface area (TPSA) is 80.3 Å². The van der Waals surface area contributed by atoms with Crippen molar-refractivity contribution < 1.29 is 9.53 Å². The van der Waals surface area contributed by atoms with E-state index in [1.165, 1.54) is 0 Å². The zero-order valence-electron chi connectivity index (χ0n) is 15.2. The average molecular weight is 368 g/mol. The molecule has 28 heavy (non-hydrogen) atoms. The summed E-state index contributed by atoms with van der Waals surface area (Å²) < 4.78 is 6.93. The third-order valence-corrected chi connectivity index (χ3v) is 4.40. The molecule has 0 spiro atoms. The van der Waals surface area contributed by atoms with E-state index in [1.807, 2.05) is 34.9 Å². The zero-order chi connectivity index (χ0) is 19.5. The lowest BCUT2D eigenvalue weighted by molar-refractivity contribution is 0.0526. The smallest absolute Gasteiger partial charge is 0.338 e. The molecule has 0 saturated heterocycles. The zero-order valence-corrected chi connectivity index (χ0v) is 15.2. The quantitative estimate of drug-likeness (QED) is 0.506. The van der Waals surface area contributed by atoms with Crippen LogP contribution in [-0.4, -0.2) is 26.9 Å². The number of nitriles is 1. The number of nitrogens with zero attached hydrogens (tertiary/aromatic N) is 4. The van der Waals surface area contributed by atoms with Crippen LogP contribution in [0.4, 0.5) is 0 Å². The Morgan fingerprint density at radius 1 is 1.00 bits per heavy atom. The molecular weight excluding hydrogens is 352 g/mol. The molecule has 4 rings (SSSR count). The largest absolute Gasteiger partial charge is 0.462 e. The maximum absolute atomic E-state index is 11.8. The van der Waals surface area contributed by atoms with Crippen molar-refractivity contribution in [1.82, 2.24) is 14.4 Å². The molecule has 0 radical (unpaired) electrons. The summed E-state index contributed by atoms with van der Waals surface area (Å²) in [6.45, 7) is 2.13. The molecule has 0 aliphatic rings. The Bertz CT molecular complexity index is 1190. The summed E-state index contributed by atoms with van der Waals surface area (Å²) in [5, 5.41) is 8.97. The van der Waals surface area contributed by atoms with Gasteiger partial charge in [0.2, 0.25) is 5.78 Å². The van der Waals surface area contributed by atoms with Crippen molar-refractivity contribution in [3.8, 4) is 28.5 Å². The van der Waals surface area contributed by atoms with Crippen molar-refractivity contribution in [2.45, 2.75) is 6.92 Å². The van der Waals surface area contributed by atoms with E-state index in [2.05, 4.69) is 16.0 Å². The van der Waals surface area contributed by atoms with Crippen LogP contribution in [-0.2, 0) is 4.74 Å². The average Bonchev–Trinajstić information content (AvgIpc) is 3.17. The first kappa shape index (κ1) is 17.4. The van der Waals surface area contributed by atoms with E-state index in [0.717, 1.165) is 22.4 Å². The Hall–Kier alpha value is -3.98. The first-order valence-corrected chi connectivity index (χ1v) is 8.81. The van der Waals surface area contributed by atoms with Gasteiger partial charge < -0.3 is 4.74 Å². The van der Waals surface area contributed by atoms with Crippen LogP contribution in [0.3, 0.4) is 0 Å². The van der Waals surface area contributed by atoms with Gasteiger partial charge in [-0.1, -0.05) is 24.3 Å². The number of benzene rings is 2. The molecule has 0 aliphatic heterocycles. The molecule has 0 bridgehead atoms. The molecular formula is C22H16N4O2. The van der Waals surface area contributed by atoms with E-state index in [4.69, 9.17) is 10.00 Å². The lowest BCUT2D eigenvalue weighted by Gasteiger charge is -2.07. The van der Waals surface area contributed by atoms with E-state index in [1.54, 1.807) is 43.6 Å². The number of fused-ring (bicyclic) bond motifs is 1. The van der Waals surface area contributed by atoms with Gasteiger partial charge in [-0.2, -0.15) is 5.26 Å². The third kappa shape index (κ3) is 3.21. The first-order valence-electron chi connectivity index (χ1n) is 8.81. The number of ether oxygens (including phenoxy) is 1. The summed E-state index contributed by atoms with van der Waals surface area (Å²) in [6.07, 6.45) is 5.48. The summed E-state index contributed by atoms with van der Waals surface area (Å²) in [5.41, 5.74) is 4.79. The lowest BCUT2D eigenvalue weighted by atomic mass is 10.1. The van der Waals surface area contributed by atoms with Crippen LogP contribution in [0.1, 0.15) is 22.8 Å². The Kier molecular flexibility index (Phi) is 4.56. The number of carbonyl (C=O) groups excluding carboxylic acids is 1. The maximum Gasteiger partial charge on any atom is 0.338 e. The SMILES string of the molecule is CCOC(=O)c1ccc(-c2cnc3ncc(-c4ccc(C#N)cc4)n3c2)cc1. The number of hydrogen-bond acceptors (Lipinski definition) is 5. The minimum atomic E-state index is -0.333. The fourth-order valence-corrected chi connectivity index (χ4v) is 2.96. The van der Waals surface area contributed by atoms with Gasteiger partial charge in [0.25, 0.3) is 0 Å². The van der Waals surface area contributed by atoms with Crippen molar-refractivity contribution in [2.24, 2.45) is 0 Å².